The van der Waals surface area contributed by atoms with Crippen molar-refractivity contribution in [1.29, 1.82) is 0 Å². The molecule has 1 aromatic rings. The van der Waals surface area contributed by atoms with Gasteiger partial charge in [-0.2, -0.15) is 0 Å². The van der Waals surface area contributed by atoms with Crippen molar-refractivity contribution in [2.45, 2.75) is 26.3 Å². The van der Waals surface area contributed by atoms with Crippen LogP contribution >= 0.6 is 12.4 Å². The lowest BCUT2D eigenvalue weighted by atomic mass is 9.92. The van der Waals surface area contributed by atoms with E-state index in [4.69, 9.17) is 0 Å². The standard InChI is InChI=1S/C15H24N2O2.ClH/c1-11-9-13(19)10-12(2)15(11)14(3-8-18)17-6-4-16-5-7-17;/h9-10,14,16,18-19H,3-8H2,1-2H3;1H/t14-;/m0./s1. The molecular weight excluding hydrogens is 276 g/mol. The third-order valence-corrected chi connectivity index (χ3v) is 3.91. The number of aliphatic hydroxyl groups is 1. The van der Waals surface area contributed by atoms with Gasteiger partial charge in [-0.3, -0.25) is 4.90 Å². The second-order valence-electron chi connectivity index (χ2n) is 5.31. The van der Waals surface area contributed by atoms with Gasteiger partial charge < -0.3 is 15.5 Å². The summed E-state index contributed by atoms with van der Waals surface area (Å²) in [6.07, 6.45) is 0.743. The number of nitrogens with zero attached hydrogens (tertiary/aromatic N) is 1. The maximum absolute atomic E-state index is 9.67. The van der Waals surface area contributed by atoms with E-state index in [0.717, 1.165) is 43.7 Å². The molecular formula is C15H25ClN2O2. The average molecular weight is 301 g/mol. The molecule has 2 rings (SSSR count). The number of aryl methyl sites for hydroxylation is 2. The van der Waals surface area contributed by atoms with E-state index in [-0.39, 0.29) is 25.1 Å². The highest BCUT2D eigenvalue weighted by Gasteiger charge is 2.24. The molecule has 0 aromatic heterocycles. The maximum Gasteiger partial charge on any atom is 0.116 e. The number of benzene rings is 1. The van der Waals surface area contributed by atoms with Gasteiger partial charge in [-0.25, -0.2) is 0 Å². The SMILES string of the molecule is Cc1cc(O)cc(C)c1[C@H](CCO)N1CCNCC1.Cl. The number of piperazine rings is 1. The zero-order valence-corrected chi connectivity index (χ0v) is 13.0. The highest BCUT2D eigenvalue weighted by molar-refractivity contribution is 5.85. The van der Waals surface area contributed by atoms with Crippen molar-refractivity contribution >= 4 is 12.4 Å². The Bertz CT molecular complexity index is 411. The lowest BCUT2D eigenvalue weighted by molar-refractivity contribution is 0.140. The minimum atomic E-state index is 0. The minimum Gasteiger partial charge on any atom is -0.508 e. The highest BCUT2D eigenvalue weighted by atomic mass is 35.5. The lowest BCUT2D eigenvalue weighted by Crippen LogP contribution is -2.45. The van der Waals surface area contributed by atoms with E-state index in [0.29, 0.717) is 5.75 Å². The molecule has 5 heteroatoms. The van der Waals surface area contributed by atoms with E-state index >= 15 is 0 Å². The smallest absolute Gasteiger partial charge is 0.116 e. The highest BCUT2D eigenvalue weighted by Crippen LogP contribution is 2.32. The van der Waals surface area contributed by atoms with E-state index in [9.17, 15) is 10.2 Å². The van der Waals surface area contributed by atoms with Gasteiger partial charge in [0.05, 0.1) is 0 Å². The molecule has 0 aliphatic carbocycles. The quantitative estimate of drug-likeness (QED) is 0.793. The summed E-state index contributed by atoms with van der Waals surface area (Å²) in [5, 5.41) is 22.4. The van der Waals surface area contributed by atoms with E-state index in [1.165, 1.54) is 5.56 Å². The summed E-state index contributed by atoms with van der Waals surface area (Å²) in [7, 11) is 0. The van der Waals surface area contributed by atoms with Crippen LogP contribution in [0.25, 0.3) is 0 Å². The lowest BCUT2D eigenvalue weighted by Gasteiger charge is -2.36. The first-order chi connectivity index (χ1) is 9.13. The zero-order chi connectivity index (χ0) is 13.8. The van der Waals surface area contributed by atoms with Crippen LogP contribution in [0, 0.1) is 13.8 Å². The van der Waals surface area contributed by atoms with Crippen molar-refractivity contribution in [2.24, 2.45) is 0 Å². The molecule has 0 saturated carbocycles. The third kappa shape index (κ3) is 3.85. The molecule has 4 nitrogen and oxygen atoms in total. The number of aliphatic hydroxyl groups excluding tert-OH is 1. The number of aromatic hydroxyl groups is 1. The minimum absolute atomic E-state index is 0. The number of phenolic OH excluding ortho intramolecular Hbond substituents is 1. The van der Waals surface area contributed by atoms with Gasteiger partial charge in [0.25, 0.3) is 0 Å². The largest absolute Gasteiger partial charge is 0.508 e. The monoisotopic (exact) mass is 300 g/mol. The van der Waals surface area contributed by atoms with Crippen LogP contribution < -0.4 is 5.32 Å². The molecule has 0 amide bonds. The number of phenols is 1. The van der Waals surface area contributed by atoms with Gasteiger partial charge in [0.2, 0.25) is 0 Å². The molecule has 1 atom stereocenters. The Morgan fingerprint density at radius 1 is 1.20 bits per heavy atom. The fourth-order valence-electron chi connectivity index (χ4n) is 3.10. The molecule has 0 bridgehead atoms. The number of halogens is 1. The van der Waals surface area contributed by atoms with Crippen LogP contribution in [0.1, 0.15) is 29.2 Å². The molecule has 1 aliphatic rings. The molecule has 0 spiro atoms. The van der Waals surface area contributed by atoms with E-state index in [1.54, 1.807) is 0 Å². The third-order valence-electron chi connectivity index (χ3n) is 3.91. The Kier molecular flexibility index (Phi) is 6.76. The molecule has 1 aromatic carbocycles. The fourth-order valence-corrected chi connectivity index (χ4v) is 3.10. The topological polar surface area (TPSA) is 55.7 Å². The van der Waals surface area contributed by atoms with Gasteiger partial charge in [0.15, 0.2) is 0 Å². The summed E-state index contributed by atoms with van der Waals surface area (Å²) in [6.45, 7) is 8.27. The Balaban J connectivity index is 0.00000200. The summed E-state index contributed by atoms with van der Waals surface area (Å²) >= 11 is 0. The van der Waals surface area contributed by atoms with Gasteiger partial charge in [-0.05, 0) is 49.1 Å². The molecule has 0 unspecified atom stereocenters. The molecule has 114 valence electrons. The second-order valence-corrected chi connectivity index (χ2v) is 5.31. The number of nitrogens with one attached hydrogen (secondary N) is 1. The van der Waals surface area contributed by atoms with E-state index < -0.39 is 0 Å². The first-order valence-electron chi connectivity index (χ1n) is 6.99. The van der Waals surface area contributed by atoms with Crippen LogP contribution in [0.5, 0.6) is 5.75 Å². The van der Waals surface area contributed by atoms with Crippen LogP contribution in [0.3, 0.4) is 0 Å². The summed E-state index contributed by atoms with van der Waals surface area (Å²) in [4.78, 5) is 2.43. The normalized spacial score (nSPS) is 17.6. The molecule has 3 N–H and O–H groups in total. The van der Waals surface area contributed by atoms with Gasteiger partial charge in [0, 0.05) is 38.8 Å². The van der Waals surface area contributed by atoms with Crippen molar-refractivity contribution in [3.63, 3.8) is 0 Å². The Morgan fingerprint density at radius 3 is 2.25 bits per heavy atom. The van der Waals surface area contributed by atoms with Crippen molar-refractivity contribution in [3.05, 3.63) is 28.8 Å². The van der Waals surface area contributed by atoms with Crippen molar-refractivity contribution in [3.8, 4) is 5.75 Å². The van der Waals surface area contributed by atoms with Gasteiger partial charge >= 0.3 is 0 Å². The predicted octanol–water partition coefficient (Wildman–Crippen LogP) is 1.76. The van der Waals surface area contributed by atoms with E-state index in [2.05, 4.69) is 10.2 Å². The summed E-state index contributed by atoms with van der Waals surface area (Å²) in [5.74, 6) is 0.321. The summed E-state index contributed by atoms with van der Waals surface area (Å²) < 4.78 is 0. The summed E-state index contributed by atoms with van der Waals surface area (Å²) in [6, 6.07) is 3.87. The van der Waals surface area contributed by atoms with Gasteiger partial charge in [-0.1, -0.05) is 0 Å². The molecule has 1 aliphatic heterocycles. The zero-order valence-electron chi connectivity index (χ0n) is 12.2. The first-order valence-corrected chi connectivity index (χ1v) is 6.99. The molecule has 20 heavy (non-hydrogen) atoms. The number of hydrogen-bond donors (Lipinski definition) is 3. The molecule has 0 radical (unpaired) electrons. The molecule has 1 heterocycles. The van der Waals surface area contributed by atoms with Gasteiger partial charge in [-0.15, -0.1) is 12.4 Å². The molecule has 1 saturated heterocycles. The average Bonchev–Trinajstić information content (AvgIpc) is 2.37. The van der Waals surface area contributed by atoms with Crippen LogP contribution in [-0.2, 0) is 0 Å². The van der Waals surface area contributed by atoms with Crippen molar-refractivity contribution in [1.82, 2.24) is 10.2 Å². The predicted molar refractivity (Wildman–Crippen MR) is 83.7 cm³/mol. The second kappa shape index (κ2) is 7.84. The number of rotatable bonds is 4. The maximum atomic E-state index is 9.67. The Hall–Kier alpha value is -0.810. The first kappa shape index (κ1) is 17.2. The fraction of sp³-hybridized carbons (Fsp3) is 0.600. The summed E-state index contributed by atoms with van der Waals surface area (Å²) in [5.41, 5.74) is 3.47. The van der Waals surface area contributed by atoms with Gasteiger partial charge in [0.1, 0.15) is 5.75 Å². The van der Waals surface area contributed by atoms with Crippen LogP contribution in [0.4, 0.5) is 0 Å². The van der Waals surface area contributed by atoms with Crippen LogP contribution in [0.2, 0.25) is 0 Å². The molecule has 1 fully saturated rings. The Morgan fingerprint density at radius 2 is 1.75 bits per heavy atom. The van der Waals surface area contributed by atoms with Crippen molar-refractivity contribution < 1.29 is 10.2 Å². The van der Waals surface area contributed by atoms with Crippen LogP contribution in [0.15, 0.2) is 12.1 Å². The van der Waals surface area contributed by atoms with Crippen LogP contribution in [-0.4, -0.2) is 47.9 Å². The Labute approximate surface area is 127 Å². The number of hydrogen-bond acceptors (Lipinski definition) is 4. The van der Waals surface area contributed by atoms with E-state index in [1.807, 2.05) is 26.0 Å². The van der Waals surface area contributed by atoms with Crippen molar-refractivity contribution in [2.75, 3.05) is 32.8 Å².